The Morgan fingerprint density at radius 1 is 1.32 bits per heavy atom. The van der Waals surface area contributed by atoms with Gasteiger partial charge in [-0.05, 0) is 37.8 Å². The third-order valence-electron chi connectivity index (χ3n) is 3.74. The molecule has 136 valence electrons. The number of aryl methyl sites for hydroxylation is 1. The van der Waals surface area contributed by atoms with Crippen LogP contribution in [0.1, 0.15) is 44.4 Å². The number of hydrogen-bond acceptors (Lipinski definition) is 4. The van der Waals surface area contributed by atoms with Crippen LogP contribution in [-0.4, -0.2) is 27.9 Å². The number of rotatable bonds is 10. The first-order valence-electron chi connectivity index (χ1n) is 8.71. The average Bonchev–Trinajstić information content (AvgIpc) is 2.97. The summed E-state index contributed by atoms with van der Waals surface area (Å²) in [4.78, 5) is 16.1. The Balaban J connectivity index is 2.11. The van der Waals surface area contributed by atoms with E-state index in [9.17, 15) is 4.79 Å². The monoisotopic (exact) mass is 380 g/mol. The number of carbonyl (C=O) groups excluding carboxylic acids is 1. The summed E-state index contributed by atoms with van der Waals surface area (Å²) in [5, 5.41) is 1.77. The average molecular weight is 381 g/mol. The van der Waals surface area contributed by atoms with Crippen molar-refractivity contribution in [2.75, 3.05) is 12.4 Å². The smallest absolute Gasteiger partial charge is 0.305 e. The van der Waals surface area contributed by atoms with Crippen LogP contribution in [0.4, 0.5) is 0 Å². The van der Waals surface area contributed by atoms with Crippen LogP contribution in [-0.2, 0) is 22.5 Å². The van der Waals surface area contributed by atoms with Crippen molar-refractivity contribution in [3.8, 4) is 0 Å². The molecule has 0 fully saturated rings. The fourth-order valence-electron chi connectivity index (χ4n) is 2.51. The lowest BCUT2D eigenvalue weighted by atomic mass is 10.2. The van der Waals surface area contributed by atoms with Crippen LogP contribution in [0.3, 0.4) is 0 Å². The topological polar surface area (TPSA) is 44.1 Å². The Morgan fingerprint density at radius 3 is 2.84 bits per heavy atom. The zero-order valence-electron chi connectivity index (χ0n) is 14.8. The Kier molecular flexibility index (Phi) is 8.35. The van der Waals surface area contributed by atoms with Crippen LogP contribution in [0.2, 0.25) is 5.02 Å². The van der Waals surface area contributed by atoms with E-state index < -0.39 is 0 Å². The normalized spacial score (nSPS) is 10.8. The van der Waals surface area contributed by atoms with Gasteiger partial charge in [0, 0.05) is 29.1 Å². The van der Waals surface area contributed by atoms with Crippen LogP contribution < -0.4 is 0 Å². The van der Waals surface area contributed by atoms with E-state index in [0.29, 0.717) is 19.6 Å². The molecule has 1 aromatic carbocycles. The van der Waals surface area contributed by atoms with Crippen molar-refractivity contribution in [3.63, 3.8) is 0 Å². The van der Waals surface area contributed by atoms with Crippen molar-refractivity contribution in [2.24, 2.45) is 0 Å². The van der Waals surface area contributed by atoms with Crippen LogP contribution in [0.25, 0.3) is 0 Å². The molecular weight excluding hydrogens is 356 g/mol. The first-order chi connectivity index (χ1) is 12.2. The zero-order chi connectivity index (χ0) is 18.1. The molecule has 0 bridgehead atoms. The number of imidazole rings is 1. The molecule has 4 nitrogen and oxygen atoms in total. The molecule has 0 saturated heterocycles. The molecule has 1 heterocycles. The van der Waals surface area contributed by atoms with Gasteiger partial charge < -0.3 is 9.30 Å². The SMILES string of the molecule is CCCSc1ncc(CCCC(=O)OCC)n1Cc1ccccc1Cl. The first kappa shape index (κ1) is 19.9. The number of hydrogen-bond donors (Lipinski definition) is 0. The third-order valence-corrected chi connectivity index (χ3v) is 5.31. The second-order valence-electron chi connectivity index (χ2n) is 5.72. The van der Waals surface area contributed by atoms with Gasteiger partial charge in [-0.15, -0.1) is 0 Å². The number of halogens is 1. The Morgan fingerprint density at radius 2 is 2.12 bits per heavy atom. The number of thioether (sulfide) groups is 1. The van der Waals surface area contributed by atoms with Gasteiger partial charge in [0.2, 0.25) is 0 Å². The van der Waals surface area contributed by atoms with Crippen LogP contribution >= 0.6 is 23.4 Å². The maximum absolute atomic E-state index is 11.5. The first-order valence-corrected chi connectivity index (χ1v) is 10.1. The molecule has 0 aliphatic rings. The van der Waals surface area contributed by atoms with Crippen molar-refractivity contribution in [3.05, 3.63) is 46.7 Å². The van der Waals surface area contributed by atoms with E-state index in [-0.39, 0.29) is 5.97 Å². The number of esters is 1. The molecule has 25 heavy (non-hydrogen) atoms. The summed E-state index contributed by atoms with van der Waals surface area (Å²) in [6.07, 6.45) is 5.00. The maximum atomic E-state index is 11.5. The maximum Gasteiger partial charge on any atom is 0.305 e. The molecular formula is C19H25ClN2O2S. The van der Waals surface area contributed by atoms with Gasteiger partial charge in [0.1, 0.15) is 0 Å². The largest absolute Gasteiger partial charge is 0.466 e. The van der Waals surface area contributed by atoms with E-state index >= 15 is 0 Å². The van der Waals surface area contributed by atoms with Gasteiger partial charge in [0.15, 0.2) is 5.16 Å². The van der Waals surface area contributed by atoms with Crippen molar-refractivity contribution >= 4 is 29.3 Å². The van der Waals surface area contributed by atoms with Crippen LogP contribution in [0.15, 0.2) is 35.6 Å². The van der Waals surface area contributed by atoms with Gasteiger partial charge in [-0.3, -0.25) is 4.79 Å². The lowest BCUT2D eigenvalue weighted by Gasteiger charge is -2.13. The minimum atomic E-state index is -0.139. The predicted molar refractivity (Wildman–Crippen MR) is 103 cm³/mol. The van der Waals surface area contributed by atoms with E-state index in [0.717, 1.165) is 46.5 Å². The second kappa shape index (κ2) is 10.5. The van der Waals surface area contributed by atoms with Crippen molar-refractivity contribution < 1.29 is 9.53 Å². The molecule has 0 amide bonds. The third kappa shape index (κ3) is 6.08. The van der Waals surface area contributed by atoms with Crippen LogP contribution in [0, 0.1) is 0 Å². The highest BCUT2D eigenvalue weighted by atomic mass is 35.5. The summed E-state index contributed by atoms with van der Waals surface area (Å²) in [5.74, 6) is 0.891. The van der Waals surface area contributed by atoms with Gasteiger partial charge in [-0.25, -0.2) is 4.98 Å². The van der Waals surface area contributed by atoms with E-state index in [1.165, 1.54) is 0 Å². The molecule has 0 N–H and O–H groups in total. The molecule has 0 radical (unpaired) electrons. The number of nitrogens with zero attached hydrogens (tertiary/aromatic N) is 2. The molecule has 0 aliphatic heterocycles. The van der Waals surface area contributed by atoms with Gasteiger partial charge in [-0.2, -0.15) is 0 Å². The fraction of sp³-hybridized carbons (Fsp3) is 0.474. The van der Waals surface area contributed by atoms with E-state index in [2.05, 4.69) is 16.5 Å². The predicted octanol–water partition coefficient (Wildman–Crippen LogP) is 4.97. The van der Waals surface area contributed by atoms with Crippen molar-refractivity contribution in [2.45, 2.75) is 51.2 Å². The molecule has 0 unspecified atom stereocenters. The molecule has 1 aromatic heterocycles. The number of benzene rings is 1. The lowest BCUT2D eigenvalue weighted by molar-refractivity contribution is -0.143. The number of ether oxygens (including phenoxy) is 1. The van der Waals surface area contributed by atoms with Gasteiger partial charge >= 0.3 is 5.97 Å². The minimum absolute atomic E-state index is 0.139. The van der Waals surface area contributed by atoms with E-state index in [1.54, 1.807) is 11.8 Å². The van der Waals surface area contributed by atoms with Crippen LogP contribution in [0.5, 0.6) is 0 Å². The molecule has 2 aromatic rings. The number of carbonyl (C=O) groups is 1. The highest BCUT2D eigenvalue weighted by Crippen LogP contribution is 2.24. The number of aromatic nitrogens is 2. The van der Waals surface area contributed by atoms with Crippen molar-refractivity contribution in [1.82, 2.24) is 9.55 Å². The second-order valence-corrected chi connectivity index (χ2v) is 7.19. The summed E-state index contributed by atoms with van der Waals surface area (Å²) in [6.45, 7) is 5.12. The quantitative estimate of drug-likeness (QED) is 0.431. The zero-order valence-corrected chi connectivity index (χ0v) is 16.4. The highest BCUT2D eigenvalue weighted by molar-refractivity contribution is 7.99. The summed E-state index contributed by atoms with van der Waals surface area (Å²) in [7, 11) is 0. The molecule has 2 rings (SSSR count). The molecule has 6 heteroatoms. The molecule has 0 saturated carbocycles. The Bertz CT molecular complexity index is 688. The van der Waals surface area contributed by atoms with Gasteiger partial charge in [-0.1, -0.05) is 48.5 Å². The molecule has 0 spiro atoms. The van der Waals surface area contributed by atoms with Crippen molar-refractivity contribution in [1.29, 1.82) is 0 Å². The fourth-order valence-corrected chi connectivity index (χ4v) is 3.56. The molecule has 0 atom stereocenters. The summed E-state index contributed by atoms with van der Waals surface area (Å²) < 4.78 is 7.21. The summed E-state index contributed by atoms with van der Waals surface area (Å²) in [5.41, 5.74) is 2.20. The summed E-state index contributed by atoms with van der Waals surface area (Å²) >= 11 is 8.09. The van der Waals surface area contributed by atoms with E-state index in [4.69, 9.17) is 16.3 Å². The summed E-state index contributed by atoms with van der Waals surface area (Å²) in [6, 6.07) is 7.89. The lowest BCUT2D eigenvalue weighted by Crippen LogP contribution is -2.08. The minimum Gasteiger partial charge on any atom is -0.466 e. The highest BCUT2D eigenvalue weighted by Gasteiger charge is 2.13. The standard InChI is InChI=1S/C19H25ClN2O2S/c1-3-12-25-19-21-13-16(9-7-11-18(23)24-4-2)22(19)14-15-8-5-6-10-17(15)20/h5-6,8,10,13H,3-4,7,9,11-12,14H2,1-2H3. The Labute approximate surface area is 158 Å². The Hall–Kier alpha value is -1.46. The molecule has 0 aliphatic carbocycles. The van der Waals surface area contributed by atoms with E-state index in [1.807, 2.05) is 37.4 Å². The van der Waals surface area contributed by atoms with Gasteiger partial charge in [0.05, 0.1) is 13.2 Å². The van der Waals surface area contributed by atoms with Gasteiger partial charge in [0.25, 0.3) is 0 Å².